The summed E-state index contributed by atoms with van der Waals surface area (Å²) in [5.74, 6) is 2.31. The second kappa shape index (κ2) is 7.99. The van der Waals surface area contributed by atoms with Crippen molar-refractivity contribution in [1.29, 1.82) is 0 Å². The van der Waals surface area contributed by atoms with E-state index in [4.69, 9.17) is 18.9 Å². The fraction of sp³-hybridized carbons (Fsp3) is 0.227. The van der Waals surface area contributed by atoms with E-state index < -0.39 is 0 Å². The van der Waals surface area contributed by atoms with Crippen molar-refractivity contribution in [2.45, 2.75) is 6.42 Å². The Morgan fingerprint density at radius 2 is 1.33 bits per heavy atom. The number of Topliss-reactive ketones (excluding diaryl/α,β-unsaturated/α-hetero) is 1. The maximum atomic E-state index is 13.0. The molecule has 0 aromatic heterocycles. The third kappa shape index (κ3) is 3.53. The highest BCUT2D eigenvalue weighted by Crippen LogP contribution is 2.38. The van der Waals surface area contributed by atoms with Crippen molar-refractivity contribution >= 4 is 16.6 Å². The molecule has 3 rings (SSSR count). The molecule has 3 aromatic rings. The summed E-state index contributed by atoms with van der Waals surface area (Å²) in [4.78, 5) is 13.0. The molecule has 0 saturated heterocycles. The second-order valence-corrected chi connectivity index (χ2v) is 5.99. The minimum atomic E-state index is 0.00289. The van der Waals surface area contributed by atoms with Gasteiger partial charge in [-0.05, 0) is 35.2 Å². The smallest absolute Gasteiger partial charge is 0.203 e. The summed E-state index contributed by atoms with van der Waals surface area (Å²) >= 11 is 0. The first-order valence-electron chi connectivity index (χ1n) is 8.50. The number of methoxy groups -OCH3 is 4. The van der Waals surface area contributed by atoms with Gasteiger partial charge in [0.25, 0.3) is 0 Å². The first kappa shape index (κ1) is 18.6. The summed E-state index contributed by atoms with van der Waals surface area (Å²) in [5, 5.41) is 1.78. The molecule has 0 atom stereocenters. The average Bonchev–Trinajstić information content (AvgIpc) is 2.71. The number of ketones is 1. The molecule has 3 aromatic carbocycles. The normalized spacial score (nSPS) is 10.5. The molecule has 27 heavy (non-hydrogen) atoms. The van der Waals surface area contributed by atoms with Crippen molar-refractivity contribution in [3.63, 3.8) is 0 Å². The van der Waals surface area contributed by atoms with Crippen LogP contribution < -0.4 is 18.9 Å². The topological polar surface area (TPSA) is 54.0 Å². The lowest BCUT2D eigenvalue weighted by atomic mass is 9.96. The minimum absolute atomic E-state index is 0.00289. The van der Waals surface area contributed by atoms with E-state index in [1.165, 1.54) is 0 Å². The predicted molar refractivity (Wildman–Crippen MR) is 105 cm³/mol. The first-order chi connectivity index (χ1) is 13.1. The van der Waals surface area contributed by atoms with E-state index >= 15 is 0 Å². The van der Waals surface area contributed by atoms with Crippen LogP contribution in [-0.2, 0) is 6.42 Å². The monoisotopic (exact) mass is 366 g/mol. The standard InChI is InChI=1S/C22H22O5/c1-24-19-10-9-16(15-7-5-6-8-17(15)19)18(23)11-14-12-20(25-2)22(27-4)21(13-14)26-3/h5-10,12-13H,11H2,1-4H3. The van der Waals surface area contributed by atoms with E-state index in [0.29, 0.717) is 22.8 Å². The van der Waals surface area contributed by atoms with Crippen LogP contribution in [0.25, 0.3) is 10.8 Å². The molecule has 5 nitrogen and oxygen atoms in total. The number of rotatable bonds is 7. The number of hydrogen-bond acceptors (Lipinski definition) is 5. The van der Waals surface area contributed by atoms with Gasteiger partial charge in [-0.3, -0.25) is 4.79 Å². The second-order valence-electron chi connectivity index (χ2n) is 5.99. The predicted octanol–water partition coefficient (Wildman–Crippen LogP) is 4.30. The summed E-state index contributed by atoms with van der Waals surface area (Å²) < 4.78 is 21.5. The Balaban J connectivity index is 2.00. The number of hydrogen-bond donors (Lipinski definition) is 0. The van der Waals surface area contributed by atoms with Crippen molar-refractivity contribution in [2.75, 3.05) is 28.4 Å². The molecular weight excluding hydrogens is 344 g/mol. The Morgan fingerprint density at radius 3 is 1.89 bits per heavy atom. The van der Waals surface area contributed by atoms with Crippen molar-refractivity contribution in [1.82, 2.24) is 0 Å². The van der Waals surface area contributed by atoms with E-state index in [1.54, 1.807) is 40.6 Å². The Bertz CT molecular complexity index is 953. The molecule has 0 heterocycles. The largest absolute Gasteiger partial charge is 0.496 e. The van der Waals surface area contributed by atoms with Crippen LogP contribution in [0.2, 0.25) is 0 Å². The van der Waals surface area contributed by atoms with Gasteiger partial charge in [0.2, 0.25) is 5.75 Å². The van der Waals surface area contributed by atoms with Gasteiger partial charge in [0.15, 0.2) is 17.3 Å². The van der Waals surface area contributed by atoms with Gasteiger partial charge < -0.3 is 18.9 Å². The third-order valence-corrected chi connectivity index (χ3v) is 4.49. The van der Waals surface area contributed by atoms with E-state index in [1.807, 2.05) is 36.4 Å². The quantitative estimate of drug-likeness (QED) is 0.584. The Hall–Kier alpha value is -3.21. The maximum absolute atomic E-state index is 13.0. The van der Waals surface area contributed by atoms with Crippen LogP contribution in [-0.4, -0.2) is 34.2 Å². The molecule has 0 radical (unpaired) electrons. The minimum Gasteiger partial charge on any atom is -0.496 e. The van der Waals surface area contributed by atoms with Gasteiger partial charge >= 0.3 is 0 Å². The molecule has 0 spiro atoms. The van der Waals surface area contributed by atoms with E-state index in [-0.39, 0.29) is 12.2 Å². The third-order valence-electron chi connectivity index (χ3n) is 4.49. The van der Waals surface area contributed by atoms with Crippen LogP contribution in [0.1, 0.15) is 15.9 Å². The first-order valence-corrected chi connectivity index (χ1v) is 8.50. The number of fused-ring (bicyclic) bond motifs is 1. The Morgan fingerprint density at radius 1 is 0.741 bits per heavy atom. The molecule has 0 bridgehead atoms. The zero-order chi connectivity index (χ0) is 19.4. The van der Waals surface area contributed by atoms with Gasteiger partial charge in [0.1, 0.15) is 5.75 Å². The lowest BCUT2D eigenvalue weighted by molar-refractivity contribution is 0.0994. The summed E-state index contributed by atoms with van der Waals surface area (Å²) in [5.41, 5.74) is 1.44. The van der Waals surface area contributed by atoms with E-state index in [2.05, 4.69) is 0 Å². The average molecular weight is 366 g/mol. The molecule has 140 valence electrons. The molecule has 5 heteroatoms. The van der Waals surface area contributed by atoms with Crippen LogP contribution in [0.5, 0.6) is 23.0 Å². The van der Waals surface area contributed by atoms with Crippen LogP contribution in [0.3, 0.4) is 0 Å². The highest BCUT2D eigenvalue weighted by atomic mass is 16.5. The van der Waals surface area contributed by atoms with Gasteiger partial charge in [0, 0.05) is 17.4 Å². The van der Waals surface area contributed by atoms with E-state index in [0.717, 1.165) is 22.1 Å². The molecule has 0 aliphatic carbocycles. The van der Waals surface area contributed by atoms with Gasteiger partial charge in [-0.15, -0.1) is 0 Å². The summed E-state index contributed by atoms with van der Waals surface area (Å²) in [6.45, 7) is 0. The van der Waals surface area contributed by atoms with Crippen molar-refractivity contribution in [3.8, 4) is 23.0 Å². The number of carbonyl (C=O) groups is 1. The van der Waals surface area contributed by atoms with Crippen LogP contribution in [0.15, 0.2) is 48.5 Å². The van der Waals surface area contributed by atoms with E-state index in [9.17, 15) is 4.79 Å². The van der Waals surface area contributed by atoms with Gasteiger partial charge in [-0.25, -0.2) is 0 Å². The molecule has 0 aliphatic rings. The van der Waals surface area contributed by atoms with Gasteiger partial charge in [-0.1, -0.05) is 24.3 Å². The highest BCUT2D eigenvalue weighted by molar-refractivity contribution is 6.10. The Kier molecular flexibility index (Phi) is 5.50. The zero-order valence-electron chi connectivity index (χ0n) is 15.9. The van der Waals surface area contributed by atoms with Crippen molar-refractivity contribution < 1.29 is 23.7 Å². The highest BCUT2D eigenvalue weighted by Gasteiger charge is 2.17. The zero-order valence-corrected chi connectivity index (χ0v) is 15.9. The number of benzene rings is 3. The van der Waals surface area contributed by atoms with Crippen LogP contribution in [0, 0.1) is 0 Å². The summed E-state index contributed by atoms with van der Waals surface area (Å²) in [6.07, 6.45) is 0.215. The number of ether oxygens (including phenoxy) is 4. The molecular formula is C22H22O5. The Labute approximate surface area is 158 Å². The van der Waals surface area contributed by atoms with Crippen molar-refractivity contribution in [3.05, 3.63) is 59.7 Å². The molecule has 0 unspecified atom stereocenters. The molecule has 0 N–H and O–H groups in total. The summed E-state index contributed by atoms with van der Waals surface area (Å²) in [7, 11) is 6.29. The van der Waals surface area contributed by atoms with Gasteiger partial charge in [0.05, 0.1) is 28.4 Å². The lowest BCUT2D eigenvalue weighted by Gasteiger charge is -2.14. The van der Waals surface area contributed by atoms with Crippen molar-refractivity contribution in [2.24, 2.45) is 0 Å². The molecule has 0 aliphatic heterocycles. The maximum Gasteiger partial charge on any atom is 0.203 e. The molecule has 0 fully saturated rings. The van der Waals surface area contributed by atoms with Gasteiger partial charge in [-0.2, -0.15) is 0 Å². The SMILES string of the molecule is COc1cc(CC(=O)c2ccc(OC)c3ccccc23)cc(OC)c1OC. The van der Waals surface area contributed by atoms with Crippen LogP contribution in [0.4, 0.5) is 0 Å². The fourth-order valence-corrected chi connectivity index (χ4v) is 3.21. The fourth-order valence-electron chi connectivity index (χ4n) is 3.21. The number of carbonyl (C=O) groups excluding carboxylic acids is 1. The lowest BCUT2D eigenvalue weighted by Crippen LogP contribution is -2.06. The summed E-state index contributed by atoms with van der Waals surface area (Å²) in [6, 6.07) is 14.9. The van der Waals surface area contributed by atoms with Crippen LogP contribution >= 0.6 is 0 Å². The molecule has 0 saturated carbocycles. The molecule has 0 amide bonds.